The first-order valence-corrected chi connectivity index (χ1v) is 7.82. The minimum absolute atomic E-state index is 0.0308. The monoisotopic (exact) mass is 318 g/mol. The molecule has 7 nitrogen and oxygen atoms in total. The number of hydrogen-bond acceptors (Lipinski definition) is 5. The number of aliphatic hydroxyl groups is 1. The molecular weight excluding hydrogens is 296 g/mol. The van der Waals surface area contributed by atoms with Crippen molar-refractivity contribution in [2.24, 2.45) is 5.92 Å². The number of rotatable bonds is 3. The Balaban J connectivity index is 1.70. The minimum Gasteiger partial charge on any atom is -0.391 e. The molecule has 1 saturated heterocycles. The number of benzene rings is 1. The van der Waals surface area contributed by atoms with Crippen LogP contribution in [0.2, 0.25) is 0 Å². The van der Waals surface area contributed by atoms with E-state index >= 15 is 0 Å². The second-order valence-electron chi connectivity index (χ2n) is 6.20. The number of aliphatic hydroxyl groups excluding tert-OH is 1. The highest BCUT2D eigenvalue weighted by Gasteiger charge is 2.28. The minimum atomic E-state index is -0.423. The number of carbonyl (C=O) groups is 2. The average Bonchev–Trinajstić information content (AvgIpc) is 2.95. The van der Waals surface area contributed by atoms with Crippen LogP contribution in [-0.2, 0) is 4.79 Å². The third kappa shape index (κ3) is 3.02. The average molecular weight is 318 g/mol. The van der Waals surface area contributed by atoms with Gasteiger partial charge in [0, 0.05) is 38.2 Å². The van der Waals surface area contributed by atoms with E-state index in [1.54, 1.807) is 12.1 Å². The molecule has 2 heterocycles. The van der Waals surface area contributed by atoms with Crippen molar-refractivity contribution in [3.8, 4) is 0 Å². The summed E-state index contributed by atoms with van der Waals surface area (Å²) in [6.07, 6.45) is -0.423. The molecule has 3 unspecified atom stereocenters. The van der Waals surface area contributed by atoms with Gasteiger partial charge in [-0.3, -0.25) is 9.59 Å². The normalized spacial score (nSPS) is 26.7. The summed E-state index contributed by atoms with van der Waals surface area (Å²) in [5.74, 6) is -0.261. The molecule has 7 heteroatoms. The summed E-state index contributed by atoms with van der Waals surface area (Å²) in [5.41, 5.74) is 2.03. The van der Waals surface area contributed by atoms with Crippen molar-refractivity contribution in [2.75, 3.05) is 36.9 Å². The molecule has 0 saturated carbocycles. The Morgan fingerprint density at radius 2 is 2.22 bits per heavy atom. The predicted octanol–water partition coefficient (Wildman–Crippen LogP) is -0.226. The van der Waals surface area contributed by atoms with Crippen LogP contribution in [0, 0.1) is 5.92 Å². The molecule has 0 bridgehead atoms. The molecule has 2 aliphatic heterocycles. The van der Waals surface area contributed by atoms with Crippen molar-refractivity contribution in [3.63, 3.8) is 0 Å². The van der Waals surface area contributed by atoms with Crippen LogP contribution in [0.5, 0.6) is 0 Å². The lowest BCUT2D eigenvalue weighted by molar-refractivity contribution is -0.117. The lowest BCUT2D eigenvalue weighted by Crippen LogP contribution is -2.44. The highest BCUT2D eigenvalue weighted by Crippen LogP contribution is 2.31. The summed E-state index contributed by atoms with van der Waals surface area (Å²) in [4.78, 5) is 26.1. The van der Waals surface area contributed by atoms with Gasteiger partial charge >= 0.3 is 0 Å². The van der Waals surface area contributed by atoms with Gasteiger partial charge in [0.15, 0.2) is 0 Å². The predicted molar refractivity (Wildman–Crippen MR) is 87.6 cm³/mol. The van der Waals surface area contributed by atoms with Crippen LogP contribution in [-0.4, -0.2) is 55.7 Å². The van der Waals surface area contributed by atoms with E-state index in [1.165, 1.54) is 0 Å². The second kappa shape index (κ2) is 6.17. The SMILES string of the molecule is CC1C(=O)Nc2cc(C(=O)NCC3CNCC3O)ccc2N1C. The molecule has 1 aromatic carbocycles. The van der Waals surface area contributed by atoms with Crippen LogP contribution in [0.15, 0.2) is 18.2 Å². The number of nitrogens with zero attached hydrogens (tertiary/aromatic N) is 1. The van der Waals surface area contributed by atoms with Crippen molar-refractivity contribution in [1.82, 2.24) is 10.6 Å². The van der Waals surface area contributed by atoms with Gasteiger partial charge in [-0.2, -0.15) is 0 Å². The molecule has 3 atom stereocenters. The highest BCUT2D eigenvalue weighted by molar-refractivity contribution is 6.05. The maximum atomic E-state index is 12.3. The summed E-state index contributed by atoms with van der Waals surface area (Å²) < 4.78 is 0. The van der Waals surface area contributed by atoms with Gasteiger partial charge in [0.1, 0.15) is 6.04 Å². The van der Waals surface area contributed by atoms with Gasteiger partial charge in [-0.15, -0.1) is 0 Å². The molecule has 0 aromatic heterocycles. The van der Waals surface area contributed by atoms with Crippen molar-refractivity contribution >= 4 is 23.2 Å². The zero-order chi connectivity index (χ0) is 16.6. The summed E-state index contributed by atoms with van der Waals surface area (Å²) >= 11 is 0. The Morgan fingerprint density at radius 1 is 1.43 bits per heavy atom. The number of nitrogens with one attached hydrogen (secondary N) is 3. The van der Waals surface area contributed by atoms with Gasteiger partial charge in [0.05, 0.1) is 17.5 Å². The fourth-order valence-corrected chi connectivity index (χ4v) is 2.96. The third-order valence-corrected chi connectivity index (χ3v) is 4.69. The number of β-amino-alcohol motifs (C(OH)–C–C–N with tert-alkyl or cyclic N) is 1. The Morgan fingerprint density at radius 3 is 2.91 bits per heavy atom. The number of likely N-dealkylation sites (N-methyl/N-ethyl adjacent to an activating group) is 1. The Hall–Kier alpha value is -2.12. The number of fused-ring (bicyclic) bond motifs is 1. The molecule has 124 valence electrons. The highest BCUT2D eigenvalue weighted by atomic mass is 16.3. The number of anilines is 2. The van der Waals surface area contributed by atoms with E-state index in [0.717, 1.165) is 5.69 Å². The van der Waals surface area contributed by atoms with Gasteiger partial charge < -0.3 is 26.0 Å². The van der Waals surface area contributed by atoms with E-state index < -0.39 is 6.10 Å². The molecule has 1 fully saturated rings. The van der Waals surface area contributed by atoms with E-state index in [4.69, 9.17) is 0 Å². The summed E-state index contributed by atoms with van der Waals surface area (Å²) in [5, 5.41) is 18.5. The lowest BCUT2D eigenvalue weighted by Gasteiger charge is -2.33. The van der Waals surface area contributed by atoms with Gasteiger partial charge in [0.25, 0.3) is 5.91 Å². The maximum absolute atomic E-state index is 12.3. The number of carbonyl (C=O) groups excluding carboxylic acids is 2. The fraction of sp³-hybridized carbons (Fsp3) is 0.500. The molecule has 2 aliphatic rings. The maximum Gasteiger partial charge on any atom is 0.251 e. The molecule has 4 N–H and O–H groups in total. The first kappa shape index (κ1) is 15.8. The largest absolute Gasteiger partial charge is 0.391 e. The van der Waals surface area contributed by atoms with E-state index in [1.807, 2.05) is 24.9 Å². The lowest BCUT2D eigenvalue weighted by atomic mass is 10.1. The van der Waals surface area contributed by atoms with E-state index in [2.05, 4.69) is 16.0 Å². The quantitative estimate of drug-likeness (QED) is 0.618. The zero-order valence-electron chi connectivity index (χ0n) is 13.3. The van der Waals surface area contributed by atoms with Crippen LogP contribution in [0.4, 0.5) is 11.4 Å². The van der Waals surface area contributed by atoms with E-state index in [0.29, 0.717) is 30.9 Å². The van der Waals surface area contributed by atoms with Crippen LogP contribution in [0.3, 0.4) is 0 Å². The van der Waals surface area contributed by atoms with Gasteiger partial charge in [-0.1, -0.05) is 0 Å². The van der Waals surface area contributed by atoms with Crippen molar-refractivity contribution in [1.29, 1.82) is 0 Å². The number of amides is 2. The Kier molecular flexibility index (Phi) is 4.23. The standard InChI is InChI=1S/C16H22N4O3/c1-9-15(22)19-12-5-10(3-4-13(12)20(9)2)16(23)18-7-11-6-17-8-14(11)21/h3-5,9,11,14,17,21H,6-8H2,1-2H3,(H,18,23)(H,19,22). The summed E-state index contributed by atoms with van der Waals surface area (Å²) in [7, 11) is 1.86. The van der Waals surface area contributed by atoms with Crippen LogP contribution < -0.4 is 20.9 Å². The number of hydrogen-bond donors (Lipinski definition) is 4. The summed E-state index contributed by atoms with van der Waals surface area (Å²) in [6, 6.07) is 5.04. The van der Waals surface area contributed by atoms with Crippen molar-refractivity contribution in [2.45, 2.75) is 19.1 Å². The van der Waals surface area contributed by atoms with E-state index in [-0.39, 0.29) is 23.8 Å². The van der Waals surface area contributed by atoms with Crippen LogP contribution >= 0.6 is 0 Å². The van der Waals surface area contributed by atoms with Crippen molar-refractivity contribution in [3.05, 3.63) is 23.8 Å². The molecular formula is C16H22N4O3. The van der Waals surface area contributed by atoms with E-state index in [9.17, 15) is 14.7 Å². The van der Waals surface area contributed by atoms with Crippen LogP contribution in [0.1, 0.15) is 17.3 Å². The van der Waals surface area contributed by atoms with Gasteiger partial charge in [-0.25, -0.2) is 0 Å². The topological polar surface area (TPSA) is 93.7 Å². The molecule has 2 amide bonds. The smallest absolute Gasteiger partial charge is 0.251 e. The van der Waals surface area contributed by atoms with Gasteiger partial charge in [0.2, 0.25) is 5.91 Å². The Labute approximate surface area is 135 Å². The van der Waals surface area contributed by atoms with Crippen LogP contribution in [0.25, 0.3) is 0 Å². The molecule has 23 heavy (non-hydrogen) atoms. The summed E-state index contributed by atoms with van der Waals surface area (Å²) in [6.45, 7) is 3.52. The molecule has 3 rings (SSSR count). The Bertz CT molecular complexity index is 634. The van der Waals surface area contributed by atoms with Gasteiger partial charge in [-0.05, 0) is 25.1 Å². The molecule has 1 aromatic rings. The van der Waals surface area contributed by atoms with Crippen molar-refractivity contribution < 1.29 is 14.7 Å². The molecule has 0 spiro atoms. The first-order valence-electron chi connectivity index (χ1n) is 7.82. The zero-order valence-corrected chi connectivity index (χ0v) is 13.3. The molecule has 0 aliphatic carbocycles. The first-order chi connectivity index (χ1) is 11.0. The molecule has 0 radical (unpaired) electrons. The second-order valence-corrected chi connectivity index (χ2v) is 6.20. The fourth-order valence-electron chi connectivity index (χ4n) is 2.96. The third-order valence-electron chi connectivity index (χ3n) is 4.69.